The predicted octanol–water partition coefficient (Wildman–Crippen LogP) is 4.24. The van der Waals surface area contributed by atoms with Crippen LogP contribution >= 0.6 is 0 Å². The molecule has 5 nitrogen and oxygen atoms in total. The molecule has 138 valence electrons. The van der Waals surface area contributed by atoms with Gasteiger partial charge in [-0.3, -0.25) is 4.79 Å². The number of halogens is 2. The monoisotopic (exact) mass is 368 g/mol. The van der Waals surface area contributed by atoms with Gasteiger partial charge in [-0.15, -0.1) is 0 Å². The van der Waals surface area contributed by atoms with Crippen LogP contribution in [0.25, 0.3) is 0 Å². The van der Waals surface area contributed by atoms with E-state index < -0.39 is 23.2 Å². The number of rotatable bonds is 5. The molecule has 7 heteroatoms. The van der Waals surface area contributed by atoms with Gasteiger partial charge in [0.15, 0.2) is 0 Å². The molecule has 3 rings (SSSR count). The molecule has 0 unspecified atom stereocenters. The first-order valence-electron chi connectivity index (χ1n) is 8.33. The van der Waals surface area contributed by atoms with Crippen molar-refractivity contribution in [2.45, 2.75) is 20.4 Å². The average Bonchev–Trinajstić information content (AvgIpc) is 2.63. The first-order chi connectivity index (χ1) is 12.9. The average molecular weight is 368 g/mol. The number of amides is 1. The highest BCUT2D eigenvalue weighted by Crippen LogP contribution is 2.19. The van der Waals surface area contributed by atoms with Gasteiger partial charge >= 0.3 is 0 Å². The minimum atomic E-state index is -0.855. The summed E-state index contributed by atoms with van der Waals surface area (Å²) in [6, 6.07) is 12.7. The number of anilines is 2. The molecule has 0 aliphatic carbocycles. The van der Waals surface area contributed by atoms with Crippen LogP contribution in [0.2, 0.25) is 0 Å². The molecular formula is C20H18F2N4O. The van der Waals surface area contributed by atoms with Crippen LogP contribution in [0.4, 0.5) is 20.4 Å². The summed E-state index contributed by atoms with van der Waals surface area (Å²) >= 11 is 0. The Hall–Kier alpha value is -3.35. The van der Waals surface area contributed by atoms with Crippen molar-refractivity contribution in [1.29, 1.82) is 0 Å². The third-order valence-electron chi connectivity index (χ3n) is 3.82. The summed E-state index contributed by atoms with van der Waals surface area (Å²) in [5.74, 6) is -2.17. The number of nitrogens with one attached hydrogen (secondary N) is 2. The van der Waals surface area contributed by atoms with Gasteiger partial charge in [-0.25, -0.2) is 18.7 Å². The van der Waals surface area contributed by atoms with Gasteiger partial charge in [0.25, 0.3) is 5.91 Å². The normalized spacial score (nSPS) is 10.5. The summed E-state index contributed by atoms with van der Waals surface area (Å²) < 4.78 is 27.5. The summed E-state index contributed by atoms with van der Waals surface area (Å²) in [5, 5.41) is 5.28. The van der Waals surface area contributed by atoms with Crippen LogP contribution in [-0.2, 0) is 6.54 Å². The zero-order valence-corrected chi connectivity index (χ0v) is 14.9. The lowest BCUT2D eigenvalue weighted by Crippen LogP contribution is -2.17. The molecule has 0 aliphatic rings. The SMILES string of the molecule is Cc1cccc(CNc2nc(C)cc(C(=O)Nc3c(F)cccc3F)n2)c1. The molecule has 1 aromatic heterocycles. The molecule has 2 aromatic carbocycles. The standard InChI is InChI=1S/C20H18F2N4O/c1-12-5-3-6-14(9-12)11-23-20-24-13(2)10-17(25-20)19(27)26-18-15(21)7-4-8-16(18)22/h3-10H,11H2,1-2H3,(H,26,27)(H,23,24,25). The van der Waals surface area contributed by atoms with Gasteiger partial charge in [-0.1, -0.05) is 35.9 Å². The maximum absolute atomic E-state index is 13.7. The molecule has 0 saturated heterocycles. The Labute approximate surface area is 155 Å². The molecule has 0 atom stereocenters. The van der Waals surface area contributed by atoms with Crippen molar-refractivity contribution in [1.82, 2.24) is 9.97 Å². The van der Waals surface area contributed by atoms with Crippen molar-refractivity contribution in [3.8, 4) is 0 Å². The zero-order chi connectivity index (χ0) is 19.4. The van der Waals surface area contributed by atoms with Crippen molar-refractivity contribution in [3.05, 3.63) is 82.7 Å². The maximum atomic E-state index is 13.7. The zero-order valence-electron chi connectivity index (χ0n) is 14.9. The Morgan fingerprint density at radius 2 is 1.70 bits per heavy atom. The molecule has 0 spiro atoms. The van der Waals surface area contributed by atoms with E-state index in [2.05, 4.69) is 20.6 Å². The van der Waals surface area contributed by atoms with Crippen molar-refractivity contribution in [2.75, 3.05) is 10.6 Å². The van der Waals surface area contributed by atoms with E-state index >= 15 is 0 Å². The Balaban J connectivity index is 1.77. The summed E-state index contributed by atoms with van der Waals surface area (Å²) in [4.78, 5) is 20.8. The topological polar surface area (TPSA) is 66.9 Å². The van der Waals surface area contributed by atoms with Crippen molar-refractivity contribution >= 4 is 17.5 Å². The van der Waals surface area contributed by atoms with Gasteiger partial charge in [-0.2, -0.15) is 0 Å². The highest BCUT2D eigenvalue weighted by atomic mass is 19.1. The van der Waals surface area contributed by atoms with E-state index in [1.807, 2.05) is 31.2 Å². The fraction of sp³-hybridized carbons (Fsp3) is 0.150. The lowest BCUT2D eigenvalue weighted by atomic mass is 10.1. The van der Waals surface area contributed by atoms with Gasteiger partial charge in [0.05, 0.1) is 0 Å². The van der Waals surface area contributed by atoms with Crippen LogP contribution in [0.1, 0.15) is 27.3 Å². The number of para-hydroxylation sites is 1. The fourth-order valence-electron chi connectivity index (χ4n) is 2.56. The third kappa shape index (κ3) is 4.63. The van der Waals surface area contributed by atoms with Crippen molar-refractivity contribution < 1.29 is 13.6 Å². The number of aromatic nitrogens is 2. The highest BCUT2D eigenvalue weighted by Gasteiger charge is 2.16. The molecule has 1 heterocycles. The molecule has 0 bridgehead atoms. The molecule has 0 fully saturated rings. The van der Waals surface area contributed by atoms with Crippen molar-refractivity contribution in [2.24, 2.45) is 0 Å². The number of hydrogen-bond acceptors (Lipinski definition) is 4. The van der Waals surface area contributed by atoms with Gasteiger partial charge in [0.2, 0.25) is 5.95 Å². The van der Waals surface area contributed by atoms with Crippen LogP contribution in [0.15, 0.2) is 48.5 Å². The Morgan fingerprint density at radius 3 is 2.41 bits per heavy atom. The second-order valence-corrected chi connectivity index (χ2v) is 6.11. The lowest BCUT2D eigenvalue weighted by molar-refractivity contribution is 0.102. The smallest absolute Gasteiger partial charge is 0.274 e. The Bertz CT molecular complexity index is 971. The molecule has 0 saturated carbocycles. The molecule has 1 amide bonds. The molecule has 0 radical (unpaired) electrons. The molecule has 3 aromatic rings. The van der Waals surface area contributed by atoms with Crippen molar-refractivity contribution in [3.63, 3.8) is 0 Å². The van der Waals surface area contributed by atoms with Crippen LogP contribution in [0, 0.1) is 25.5 Å². The fourth-order valence-corrected chi connectivity index (χ4v) is 2.56. The largest absolute Gasteiger partial charge is 0.350 e. The molecule has 2 N–H and O–H groups in total. The number of aryl methyl sites for hydroxylation is 2. The summed E-state index contributed by atoms with van der Waals surface area (Å²) in [7, 11) is 0. The third-order valence-corrected chi connectivity index (χ3v) is 3.82. The van der Waals surface area contributed by atoms with E-state index in [9.17, 15) is 13.6 Å². The first-order valence-corrected chi connectivity index (χ1v) is 8.33. The first kappa shape index (κ1) is 18.4. The number of carbonyl (C=O) groups excluding carboxylic acids is 1. The number of hydrogen-bond donors (Lipinski definition) is 2. The summed E-state index contributed by atoms with van der Waals surface area (Å²) in [6.07, 6.45) is 0. The number of nitrogens with zero attached hydrogens (tertiary/aromatic N) is 2. The minimum absolute atomic E-state index is 0.0110. The van der Waals surface area contributed by atoms with E-state index in [1.54, 1.807) is 6.92 Å². The van der Waals surface area contributed by atoms with Crippen LogP contribution < -0.4 is 10.6 Å². The van der Waals surface area contributed by atoms with E-state index in [-0.39, 0.29) is 11.6 Å². The lowest BCUT2D eigenvalue weighted by Gasteiger charge is -2.10. The van der Waals surface area contributed by atoms with Gasteiger partial charge < -0.3 is 10.6 Å². The highest BCUT2D eigenvalue weighted by molar-refractivity contribution is 6.03. The Morgan fingerprint density at radius 1 is 1.00 bits per heavy atom. The number of benzene rings is 2. The second kappa shape index (κ2) is 7.90. The maximum Gasteiger partial charge on any atom is 0.274 e. The predicted molar refractivity (Wildman–Crippen MR) is 99.6 cm³/mol. The minimum Gasteiger partial charge on any atom is -0.350 e. The molecule has 0 aliphatic heterocycles. The van der Waals surface area contributed by atoms with Gasteiger partial charge in [0, 0.05) is 12.2 Å². The van der Waals surface area contributed by atoms with Crippen LogP contribution in [0.3, 0.4) is 0 Å². The van der Waals surface area contributed by atoms with Gasteiger partial charge in [0.1, 0.15) is 23.0 Å². The van der Waals surface area contributed by atoms with E-state index in [1.165, 1.54) is 12.1 Å². The van der Waals surface area contributed by atoms with Crippen LogP contribution in [-0.4, -0.2) is 15.9 Å². The number of carbonyl (C=O) groups is 1. The second-order valence-electron chi connectivity index (χ2n) is 6.11. The van der Waals surface area contributed by atoms with E-state index in [0.29, 0.717) is 12.2 Å². The Kier molecular flexibility index (Phi) is 5.40. The van der Waals surface area contributed by atoms with Gasteiger partial charge in [-0.05, 0) is 37.6 Å². The van der Waals surface area contributed by atoms with E-state index in [4.69, 9.17) is 0 Å². The summed E-state index contributed by atoms with van der Waals surface area (Å²) in [6.45, 7) is 4.19. The quantitative estimate of drug-likeness (QED) is 0.707. The summed E-state index contributed by atoms with van der Waals surface area (Å²) in [5.41, 5.74) is 2.23. The van der Waals surface area contributed by atoms with E-state index in [0.717, 1.165) is 23.3 Å². The van der Waals surface area contributed by atoms with Crippen LogP contribution in [0.5, 0.6) is 0 Å². The molecular weight excluding hydrogens is 350 g/mol. The molecule has 27 heavy (non-hydrogen) atoms.